The number of rotatable bonds is 11. The van der Waals surface area contributed by atoms with Crippen molar-refractivity contribution in [2.75, 3.05) is 20.8 Å². The van der Waals surface area contributed by atoms with Gasteiger partial charge in [-0.25, -0.2) is 14.4 Å². The lowest BCUT2D eigenvalue weighted by Gasteiger charge is -2.44. The van der Waals surface area contributed by atoms with Crippen LogP contribution in [-0.4, -0.2) is 87.9 Å². The Hall–Kier alpha value is -4.72. The summed E-state index contributed by atoms with van der Waals surface area (Å²) in [5.74, 6) is -2.22. The Morgan fingerprint density at radius 1 is 1.04 bits per heavy atom. The summed E-state index contributed by atoms with van der Waals surface area (Å²) in [4.78, 5) is 61.4. The number of aliphatic carboxylic acids is 1. The number of fused-ring (bicyclic) bond motifs is 1. The second kappa shape index (κ2) is 15.5. The molecule has 0 aliphatic carbocycles. The molecule has 2 heterocycles. The van der Waals surface area contributed by atoms with Crippen molar-refractivity contribution in [3.8, 4) is 11.5 Å². The number of phenols is 1. The van der Waals surface area contributed by atoms with Crippen molar-refractivity contribution >= 4 is 41.5 Å². The highest BCUT2D eigenvalue weighted by molar-refractivity contribution is 8.01. The monoisotopic (exact) mass is 657 g/mol. The van der Waals surface area contributed by atoms with Crippen LogP contribution in [0.2, 0.25) is 0 Å². The third-order valence-corrected chi connectivity index (χ3v) is 8.69. The summed E-state index contributed by atoms with van der Waals surface area (Å²) in [6.07, 6.45) is 2.16. The molecule has 0 radical (unpaired) electrons. The zero-order valence-corrected chi connectivity index (χ0v) is 27.3. The molecule has 0 spiro atoms. The van der Waals surface area contributed by atoms with E-state index in [1.807, 2.05) is 6.92 Å². The maximum Gasteiger partial charge on any atom is 0.337 e. The summed E-state index contributed by atoms with van der Waals surface area (Å²) >= 11 is 1.33. The average molecular weight is 658 g/mol. The Morgan fingerprint density at radius 2 is 1.67 bits per heavy atom. The van der Waals surface area contributed by atoms with E-state index in [1.54, 1.807) is 57.2 Å². The van der Waals surface area contributed by atoms with Gasteiger partial charge in [0.2, 0.25) is 11.8 Å². The molecule has 46 heavy (non-hydrogen) atoms. The maximum atomic E-state index is 13.2. The van der Waals surface area contributed by atoms with E-state index < -0.39 is 52.0 Å². The number of esters is 2. The fourth-order valence-corrected chi connectivity index (χ4v) is 6.50. The van der Waals surface area contributed by atoms with Crippen LogP contribution in [0, 0.1) is 0 Å². The number of nitrogens with one attached hydrogen (secondary N) is 2. The lowest BCUT2D eigenvalue weighted by Crippen LogP contribution is -2.71. The number of carbonyl (C=O) groups is 5. The third kappa shape index (κ3) is 8.50. The Morgan fingerprint density at radius 3 is 2.22 bits per heavy atom. The Kier molecular flexibility index (Phi) is 12.1. The zero-order valence-electron chi connectivity index (χ0n) is 26.4. The first-order chi connectivity index (χ1) is 21.7. The van der Waals surface area contributed by atoms with E-state index in [2.05, 4.69) is 20.1 Å². The number of nitrogens with zero attached hydrogens (tertiary/aromatic N) is 1. The standard InChI is InChI=1S/C21H25N3O7S.C11H14O3/c1-10(9-13(26)31-4)22-14(11-5-7-12(25)8-6-11)17(27)23-15-18(28)24-16(20(29)30)21(2,3)32-19(15)24;1-3-8-14-10-6-4-9(5-7-10)11(12)13-2/h5-9,14-16,19,22,25H,1-4H3,(H,23,27)(H,29,30);4-7H,3,8H2,1-2H3/t14?,15-,16+,19-;/m1./s1. The van der Waals surface area contributed by atoms with Crippen LogP contribution >= 0.6 is 11.8 Å². The fourth-order valence-electron chi connectivity index (χ4n) is 4.88. The SMILES string of the molecule is CCCOc1ccc(C(=O)OC)cc1.COC(=O)C=C(C)NC(C(=O)N[C@@H]1C(=O)N2[C@@H]1SC(C)(C)[C@@H]2C(=O)O)c1ccc(O)cc1. The minimum absolute atomic E-state index is 0.0174. The number of aromatic hydroxyl groups is 1. The molecule has 2 aliphatic heterocycles. The van der Waals surface area contributed by atoms with Crippen LogP contribution in [0.25, 0.3) is 0 Å². The molecule has 1 unspecified atom stereocenters. The van der Waals surface area contributed by atoms with Gasteiger partial charge in [-0.15, -0.1) is 11.8 Å². The highest BCUT2D eigenvalue weighted by atomic mass is 32.2. The second-order valence-corrected chi connectivity index (χ2v) is 12.7. The van der Waals surface area contributed by atoms with Gasteiger partial charge in [-0.3, -0.25) is 9.59 Å². The van der Waals surface area contributed by atoms with Crippen molar-refractivity contribution in [2.45, 2.75) is 62.4 Å². The summed E-state index contributed by atoms with van der Waals surface area (Å²) in [7, 11) is 2.60. The van der Waals surface area contributed by atoms with Crippen molar-refractivity contribution in [1.82, 2.24) is 15.5 Å². The van der Waals surface area contributed by atoms with Crippen molar-refractivity contribution in [2.24, 2.45) is 0 Å². The van der Waals surface area contributed by atoms with Crippen molar-refractivity contribution in [3.05, 3.63) is 71.4 Å². The zero-order chi connectivity index (χ0) is 34.2. The van der Waals surface area contributed by atoms with Crippen LogP contribution in [0.4, 0.5) is 0 Å². The molecule has 14 heteroatoms. The molecular weight excluding hydrogens is 618 g/mol. The van der Waals surface area contributed by atoms with Crippen LogP contribution in [0.5, 0.6) is 11.5 Å². The highest BCUT2D eigenvalue weighted by Gasteiger charge is 2.64. The van der Waals surface area contributed by atoms with Crippen molar-refractivity contribution in [3.63, 3.8) is 0 Å². The number of phenolic OH excluding ortho intramolecular Hbond substituents is 1. The third-order valence-electron chi connectivity index (χ3n) is 7.12. The first-order valence-corrected chi connectivity index (χ1v) is 15.3. The van der Waals surface area contributed by atoms with E-state index in [1.165, 1.54) is 49.1 Å². The van der Waals surface area contributed by atoms with E-state index >= 15 is 0 Å². The topological polar surface area (TPSA) is 181 Å². The number of thioether (sulfide) groups is 1. The molecule has 2 amide bonds. The van der Waals surface area contributed by atoms with Gasteiger partial charge in [-0.2, -0.15) is 0 Å². The Bertz CT molecular complexity index is 1460. The molecule has 4 rings (SSSR count). The van der Waals surface area contributed by atoms with E-state index in [0.717, 1.165) is 12.2 Å². The van der Waals surface area contributed by atoms with Gasteiger partial charge in [0.25, 0.3) is 0 Å². The molecule has 0 aromatic heterocycles. The molecule has 0 bridgehead atoms. The number of carboxylic acid groups (broad SMARTS) is 1. The normalized spacial score (nSPS) is 20.1. The van der Waals surface area contributed by atoms with Gasteiger partial charge < -0.3 is 40.0 Å². The minimum atomic E-state index is -1.09. The predicted octanol–water partition coefficient (Wildman–Crippen LogP) is 2.99. The van der Waals surface area contributed by atoms with Crippen LogP contribution < -0.4 is 15.4 Å². The number of amides is 2. The number of benzene rings is 2. The Labute approximate surface area is 271 Å². The quantitative estimate of drug-likeness (QED) is 0.158. The Balaban J connectivity index is 0.000000344. The molecule has 248 valence electrons. The van der Waals surface area contributed by atoms with Gasteiger partial charge in [0.05, 0.1) is 26.4 Å². The smallest absolute Gasteiger partial charge is 0.337 e. The van der Waals surface area contributed by atoms with Gasteiger partial charge in [-0.05, 0) is 69.2 Å². The van der Waals surface area contributed by atoms with E-state index in [-0.39, 0.29) is 11.7 Å². The number of hydrogen-bond donors (Lipinski definition) is 4. The first kappa shape index (κ1) is 35.8. The van der Waals surface area contributed by atoms with Crippen LogP contribution in [-0.2, 0) is 28.7 Å². The molecule has 2 aromatic carbocycles. The summed E-state index contributed by atoms with van der Waals surface area (Å²) in [6, 6.07) is 10.0. The molecule has 13 nitrogen and oxygen atoms in total. The van der Waals surface area contributed by atoms with E-state index in [4.69, 9.17) is 4.74 Å². The molecule has 2 fully saturated rings. The largest absolute Gasteiger partial charge is 0.508 e. The fraction of sp³-hybridized carbons (Fsp3) is 0.406. The minimum Gasteiger partial charge on any atom is -0.508 e. The first-order valence-electron chi connectivity index (χ1n) is 14.4. The number of β-lactam (4-membered cyclic amide) rings is 1. The molecule has 4 atom stereocenters. The maximum absolute atomic E-state index is 13.2. The summed E-state index contributed by atoms with van der Waals surface area (Å²) < 4.78 is 13.8. The number of ether oxygens (including phenoxy) is 3. The number of carboxylic acids is 1. The van der Waals surface area contributed by atoms with Gasteiger partial charge in [0, 0.05) is 16.5 Å². The summed E-state index contributed by atoms with van der Waals surface area (Å²) in [5, 5.41) is 24.3. The predicted molar refractivity (Wildman–Crippen MR) is 169 cm³/mol. The second-order valence-electron chi connectivity index (χ2n) is 11.0. The summed E-state index contributed by atoms with van der Waals surface area (Å²) in [5.41, 5.74) is 1.38. The number of allylic oxidation sites excluding steroid dienone is 1. The number of carbonyl (C=O) groups excluding carboxylic acids is 4. The molecule has 4 N–H and O–H groups in total. The lowest BCUT2D eigenvalue weighted by atomic mass is 9.95. The van der Waals surface area contributed by atoms with Gasteiger partial charge in [0.1, 0.15) is 35.0 Å². The number of methoxy groups -OCH3 is 2. The highest BCUT2D eigenvalue weighted by Crippen LogP contribution is 2.50. The van der Waals surface area contributed by atoms with Crippen LogP contribution in [0.3, 0.4) is 0 Å². The molecular formula is C32H39N3O10S. The van der Waals surface area contributed by atoms with Crippen molar-refractivity contribution in [1.29, 1.82) is 0 Å². The average Bonchev–Trinajstić information content (AvgIpc) is 3.29. The van der Waals surface area contributed by atoms with Crippen LogP contribution in [0.15, 0.2) is 60.3 Å². The van der Waals surface area contributed by atoms with E-state index in [0.29, 0.717) is 23.4 Å². The molecule has 2 aromatic rings. The van der Waals surface area contributed by atoms with Crippen molar-refractivity contribution < 1.29 is 48.4 Å². The van der Waals surface area contributed by atoms with Gasteiger partial charge in [-0.1, -0.05) is 19.1 Å². The lowest BCUT2D eigenvalue weighted by molar-refractivity contribution is -0.161. The van der Waals surface area contributed by atoms with Gasteiger partial charge >= 0.3 is 17.9 Å². The molecule has 2 saturated heterocycles. The van der Waals surface area contributed by atoms with Gasteiger partial charge in [0.15, 0.2) is 0 Å². The van der Waals surface area contributed by atoms with Crippen LogP contribution in [0.1, 0.15) is 56.1 Å². The molecule has 2 aliphatic rings. The molecule has 0 saturated carbocycles. The van der Waals surface area contributed by atoms with E-state index in [9.17, 15) is 34.2 Å². The summed E-state index contributed by atoms with van der Waals surface area (Å²) in [6.45, 7) is 7.83. The number of hydrogen-bond acceptors (Lipinski definition) is 11.